The summed E-state index contributed by atoms with van der Waals surface area (Å²) in [6, 6.07) is 12.2. The van der Waals surface area contributed by atoms with Gasteiger partial charge in [0, 0.05) is 17.1 Å². The SMILES string of the molecule is O=C(NC(c1ccc(C(F)(F)F)c(F)c1)c1ccccc1C(F)(F)F)c1ccc2ncccc2c1. The Bertz CT molecular complexity index is 1400. The maximum Gasteiger partial charge on any atom is 0.419 e. The minimum absolute atomic E-state index is 0.0763. The number of amides is 1. The van der Waals surface area contributed by atoms with Gasteiger partial charge in [-0.1, -0.05) is 30.3 Å². The van der Waals surface area contributed by atoms with Crippen LogP contribution in [0.4, 0.5) is 30.7 Å². The van der Waals surface area contributed by atoms with Gasteiger partial charge in [0.1, 0.15) is 5.82 Å². The molecule has 4 rings (SSSR count). The van der Waals surface area contributed by atoms with E-state index >= 15 is 0 Å². The average molecular weight is 492 g/mol. The first-order valence-electron chi connectivity index (χ1n) is 10.1. The van der Waals surface area contributed by atoms with Crippen LogP contribution in [0.2, 0.25) is 0 Å². The van der Waals surface area contributed by atoms with Gasteiger partial charge in [-0.25, -0.2) is 4.39 Å². The highest BCUT2D eigenvalue weighted by Crippen LogP contribution is 2.38. The molecule has 0 aliphatic rings. The first-order valence-corrected chi connectivity index (χ1v) is 10.1. The normalized spacial score (nSPS) is 13.0. The van der Waals surface area contributed by atoms with Crippen molar-refractivity contribution in [3.63, 3.8) is 0 Å². The van der Waals surface area contributed by atoms with E-state index in [2.05, 4.69) is 10.3 Å². The molecule has 0 aliphatic heterocycles. The van der Waals surface area contributed by atoms with E-state index in [0.717, 1.165) is 24.3 Å². The number of nitrogens with zero attached hydrogens (tertiary/aromatic N) is 1. The van der Waals surface area contributed by atoms with E-state index in [0.29, 0.717) is 23.0 Å². The smallest absolute Gasteiger partial charge is 0.341 e. The van der Waals surface area contributed by atoms with Crippen molar-refractivity contribution in [3.05, 3.63) is 113 Å². The van der Waals surface area contributed by atoms with Crippen molar-refractivity contribution >= 4 is 16.8 Å². The average Bonchev–Trinajstić information content (AvgIpc) is 2.80. The molecule has 3 nitrogen and oxygen atoms in total. The van der Waals surface area contributed by atoms with Crippen LogP contribution in [0.5, 0.6) is 0 Å². The molecule has 1 heterocycles. The summed E-state index contributed by atoms with van der Waals surface area (Å²) in [6.45, 7) is 0. The summed E-state index contributed by atoms with van der Waals surface area (Å²) in [5, 5.41) is 3.01. The number of carbonyl (C=O) groups is 1. The first kappa shape index (κ1) is 24.2. The van der Waals surface area contributed by atoms with Gasteiger partial charge < -0.3 is 5.32 Å². The van der Waals surface area contributed by atoms with Crippen molar-refractivity contribution in [2.45, 2.75) is 18.4 Å². The van der Waals surface area contributed by atoms with E-state index in [9.17, 15) is 35.5 Å². The number of nitrogens with one attached hydrogen (secondary N) is 1. The van der Waals surface area contributed by atoms with E-state index in [-0.39, 0.29) is 11.1 Å². The Labute approximate surface area is 194 Å². The Morgan fingerprint density at radius 3 is 2.20 bits per heavy atom. The number of hydrogen-bond acceptors (Lipinski definition) is 2. The van der Waals surface area contributed by atoms with E-state index in [1.165, 1.54) is 18.2 Å². The molecule has 180 valence electrons. The van der Waals surface area contributed by atoms with Gasteiger partial charge in [-0.3, -0.25) is 9.78 Å². The van der Waals surface area contributed by atoms with Crippen LogP contribution in [0, 0.1) is 5.82 Å². The molecule has 4 aromatic rings. The molecule has 0 saturated carbocycles. The standard InChI is InChI=1S/C25H15F7N2O/c26-20-13-15(7-9-19(20)25(30,31)32)22(17-5-1-2-6-18(17)24(27,28)29)34-23(35)16-8-10-21-14(12-16)4-3-11-33-21/h1-13,22H,(H,34,35). The topological polar surface area (TPSA) is 42.0 Å². The molecule has 3 aromatic carbocycles. The highest BCUT2D eigenvalue weighted by atomic mass is 19.4. The molecular weight excluding hydrogens is 477 g/mol. The first-order chi connectivity index (χ1) is 16.4. The second-order valence-electron chi connectivity index (χ2n) is 7.64. The second-order valence-corrected chi connectivity index (χ2v) is 7.64. The number of hydrogen-bond donors (Lipinski definition) is 1. The number of aromatic nitrogens is 1. The lowest BCUT2D eigenvalue weighted by molar-refractivity contribution is -0.140. The highest BCUT2D eigenvalue weighted by molar-refractivity contribution is 5.98. The van der Waals surface area contributed by atoms with Crippen LogP contribution in [0.15, 0.2) is 79.0 Å². The summed E-state index contributed by atoms with van der Waals surface area (Å²) in [4.78, 5) is 17.2. The molecule has 1 unspecified atom stereocenters. The minimum atomic E-state index is -5.00. The van der Waals surface area contributed by atoms with E-state index in [1.54, 1.807) is 24.4 Å². The van der Waals surface area contributed by atoms with E-state index in [1.807, 2.05) is 0 Å². The molecule has 1 aromatic heterocycles. The fraction of sp³-hybridized carbons (Fsp3) is 0.120. The monoisotopic (exact) mass is 492 g/mol. The number of halogens is 7. The Kier molecular flexibility index (Phi) is 6.23. The predicted molar refractivity (Wildman–Crippen MR) is 114 cm³/mol. The second kappa shape index (κ2) is 9.01. The number of rotatable bonds is 4. The van der Waals surface area contributed by atoms with Crippen molar-refractivity contribution in [3.8, 4) is 0 Å². The minimum Gasteiger partial charge on any atom is -0.341 e. The predicted octanol–water partition coefficient (Wildman–Crippen LogP) is 6.93. The van der Waals surface area contributed by atoms with Gasteiger partial charge in [-0.05, 0) is 53.6 Å². The molecule has 0 fully saturated rings. The molecule has 0 aliphatic carbocycles. The van der Waals surface area contributed by atoms with Crippen LogP contribution in [-0.2, 0) is 12.4 Å². The molecular formula is C25H15F7N2O. The van der Waals surface area contributed by atoms with Gasteiger partial charge in [-0.15, -0.1) is 0 Å². The fourth-order valence-electron chi connectivity index (χ4n) is 3.72. The molecule has 0 bridgehead atoms. The number of fused-ring (bicyclic) bond motifs is 1. The van der Waals surface area contributed by atoms with Crippen molar-refractivity contribution < 1.29 is 35.5 Å². The number of pyridine rings is 1. The van der Waals surface area contributed by atoms with Crippen molar-refractivity contribution in [1.82, 2.24) is 10.3 Å². The zero-order valence-electron chi connectivity index (χ0n) is 17.6. The Balaban J connectivity index is 1.81. The lowest BCUT2D eigenvalue weighted by Crippen LogP contribution is -2.31. The molecule has 35 heavy (non-hydrogen) atoms. The maximum atomic E-state index is 14.3. The molecule has 0 saturated heterocycles. The fourth-order valence-corrected chi connectivity index (χ4v) is 3.72. The molecule has 0 radical (unpaired) electrons. The summed E-state index contributed by atoms with van der Waals surface area (Å²) in [7, 11) is 0. The summed E-state index contributed by atoms with van der Waals surface area (Å²) >= 11 is 0. The number of benzene rings is 3. The molecule has 1 atom stereocenters. The molecule has 1 amide bonds. The molecule has 10 heteroatoms. The summed E-state index contributed by atoms with van der Waals surface area (Å²) in [5.74, 6) is -2.48. The third kappa shape index (κ3) is 5.11. The van der Waals surface area contributed by atoms with Gasteiger partial charge in [0.25, 0.3) is 5.91 Å². The van der Waals surface area contributed by atoms with Gasteiger partial charge in [0.15, 0.2) is 0 Å². The quantitative estimate of drug-likeness (QED) is 0.314. The molecule has 0 spiro atoms. The zero-order chi connectivity index (χ0) is 25.4. The Morgan fingerprint density at radius 2 is 1.51 bits per heavy atom. The van der Waals surface area contributed by atoms with Crippen LogP contribution in [-0.4, -0.2) is 10.9 Å². The Hall–Kier alpha value is -3.95. The van der Waals surface area contributed by atoms with Crippen LogP contribution in [0.1, 0.15) is 38.7 Å². The number of carbonyl (C=O) groups excluding carboxylic acids is 1. The van der Waals surface area contributed by atoms with Crippen LogP contribution in [0.3, 0.4) is 0 Å². The van der Waals surface area contributed by atoms with Crippen molar-refractivity contribution in [2.24, 2.45) is 0 Å². The van der Waals surface area contributed by atoms with Crippen LogP contribution >= 0.6 is 0 Å². The van der Waals surface area contributed by atoms with E-state index < -0.39 is 46.8 Å². The van der Waals surface area contributed by atoms with Gasteiger partial charge in [0.2, 0.25) is 0 Å². The third-order valence-corrected chi connectivity index (χ3v) is 5.35. The lowest BCUT2D eigenvalue weighted by Gasteiger charge is -2.24. The summed E-state index contributed by atoms with van der Waals surface area (Å²) < 4.78 is 94.5. The zero-order valence-corrected chi connectivity index (χ0v) is 17.6. The lowest BCUT2D eigenvalue weighted by atomic mass is 9.92. The third-order valence-electron chi connectivity index (χ3n) is 5.35. The van der Waals surface area contributed by atoms with Gasteiger partial charge in [-0.2, -0.15) is 26.3 Å². The van der Waals surface area contributed by atoms with Crippen molar-refractivity contribution in [2.75, 3.05) is 0 Å². The van der Waals surface area contributed by atoms with Crippen molar-refractivity contribution in [1.29, 1.82) is 0 Å². The molecule has 1 N–H and O–H groups in total. The Morgan fingerprint density at radius 1 is 0.800 bits per heavy atom. The van der Waals surface area contributed by atoms with Gasteiger partial charge in [0.05, 0.1) is 22.7 Å². The number of alkyl halides is 6. The summed E-state index contributed by atoms with van der Waals surface area (Å²) in [5.41, 5.74) is -2.77. The van der Waals surface area contributed by atoms with Crippen LogP contribution in [0.25, 0.3) is 10.9 Å². The highest BCUT2D eigenvalue weighted by Gasteiger charge is 2.37. The van der Waals surface area contributed by atoms with E-state index in [4.69, 9.17) is 0 Å². The largest absolute Gasteiger partial charge is 0.419 e. The van der Waals surface area contributed by atoms with Crippen LogP contribution < -0.4 is 5.32 Å². The maximum absolute atomic E-state index is 14.3. The summed E-state index contributed by atoms with van der Waals surface area (Å²) in [6.07, 6.45) is -8.28. The van der Waals surface area contributed by atoms with Gasteiger partial charge >= 0.3 is 12.4 Å².